The van der Waals surface area contributed by atoms with Crippen LogP contribution < -0.4 is 10.2 Å². The van der Waals surface area contributed by atoms with Gasteiger partial charge in [0.15, 0.2) is 0 Å². The number of hydrogen-bond acceptors (Lipinski definition) is 2. The monoisotopic (exact) mass is 382 g/mol. The first-order valence-electron chi connectivity index (χ1n) is 6.02. The standard InChI is InChI=1S/C15H16Br2N2/c1-19(2)15-6-4-3-5-14(15)18-10-11-7-8-12(16)13(17)9-11/h3-9,18H,10H2,1-2H3. The van der Waals surface area contributed by atoms with E-state index in [-0.39, 0.29) is 0 Å². The van der Waals surface area contributed by atoms with Gasteiger partial charge in [0, 0.05) is 29.6 Å². The van der Waals surface area contributed by atoms with E-state index in [0.29, 0.717) is 0 Å². The predicted molar refractivity (Wildman–Crippen MR) is 89.9 cm³/mol. The van der Waals surface area contributed by atoms with Gasteiger partial charge < -0.3 is 10.2 Å². The average molecular weight is 384 g/mol. The van der Waals surface area contributed by atoms with Gasteiger partial charge in [-0.05, 0) is 61.7 Å². The molecule has 19 heavy (non-hydrogen) atoms. The summed E-state index contributed by atoms with van der Waals surface area (Å²) in [6.45, 7) is 0.802. The summed E-state index contributed by atoms with van der Waals surface area (Å²) >= 11 is 7.01. The van der Waals surface area contributed by atoms with Gasteiger partial charge in [0.05, 0.1) is 11.4 Å². The Morgan fingerprint density at radius 2 is 1.74 bits per heavy atom. The highest BCUT2D eigenvalue weighted by Crippen LogP contribution is 2.26. The van der Waals surface area contributed by atoms with Gasteiger partial charge in [0.1, 0.15) is 0 Å². The molecule has 0 aliphatic rings. The summed E-state index contributed by atoms with van der Waals surface area (Å²) in [7, 11) is 4.10. The molecule has 0 amide bonds. The van der Waals surface area contributed by atoms with E-state index in [1.807, 2.05) is 6.07 Å². The lowest BCUT2D eigenvalue weighted by atomic mass is 10.2. The molecule has 0 aliphatic carbocycles. The van der Waals surface area contributed by atoms with Crippen LogP contribution in [0.1, 0.15) is 5.56 Å². The van der Waals surface area contributed by atoms with Crippen LogP contribution >= 0.6 is 31.9 Å². The van der Waals surface area contributed by atoms with Gasteiger partial charge >= 0.3 is 0 Å². The molecule has 0 atom stereocenters. The predicted octanol–water partition coefficient (Wildman–Crippen LogP) is 4.89. The highest BCUT2D eigenvalue weighted by atomic mass is 79.9. The van der Waals surface area contributed by atoms with E-state index >= 15 is 0 Å². The molecular formula is C15H16Br2N2. The fraction of sp³-hybridized carbons (Fsp3) is 0.200. The number of anilines is 2. The molecular weight excluding hydrogens is 368 g/mol. The van der Waals surface area contributed by atoms with Crippen LogP contribution in [0.3, 0.4) is 0 Å². The average Bonchev–Trinajstić information content (AvgIpc) is 2.40. The molecule has 0 aliphatic heterocycles. The summed E-state index contributed by atoms with van der Waals surface area (Å²) in [6, 6.07) is 14.6. The smallest absolute Gasteiger partial charge is 0.0596 e. The molecule has 2 aromatic carbocycles. The number of nitrogens with zero attached hydrogens (tertiary/aromatic N) is 1. The third-order valence-electron chi connectivity index (χ3n) is 2.85. The van der Waals surface area contributed by atoms with Gasteiger partial charge in [0.25, 0.3) is 0 Å². The lowest BCUT2D eigenvalue weighted by Gasteiger charge is -2.18. The molecule has 0 radical (unpaired) electrons. The van der Waals surface area contributed by atoms with Gasteiger partial charge in [-0.2, -0.15) is 0 Å². The minimum absolute atomic E-state index is 0.802. The number of halogens is 2. The van der Waals surface area contributed by atoms with Crippen LogP contribution in [0.5, 0.6) is 0 Å². The van der Waals surface area contributed by atoms with Crippen molar-refractivity contribution in [3.63, 3.8) is 0 Å². The second-order valence-electron chi connectivity index (χ2n) is 4.51. The molecule has 0 aromatic heterocycles. The first-order valence-corrected chi connectivity index (χ1v) is 7.60. The molecule has 0 fully saturated rings. The van der Waals surface area contributed by atoms with Gasteiger partial charge in [-0.15, -0.1) is 0 Å². The molecule has 2 nitrogen and oxygen atoms in total. The van der Waals surface area contributed by atoms with Crippen LogP contribution in [-0.4, -0.2) is 14.1 Å². The van der Waals surface area contributed by atoms with Gasteiger partial charge in [-0.25, -0.2) is 0 Å². The molecule has 100 valence electrons. The van der Waals surface area contributed by atoms with Gasteiger partial charge in [-0.1, -0.05) is 18.2 Å². The van der Waals surface area contributed by atoms with E-state index in [1.54, 1.807) is 0 Å². The first-order chi connectivity index (χ1) is 9.08. The Hall–Kier alpha value is -1.000. The van der Waals surface area contributed by atoms with Crippen molar-refractivity contribution in [2.24, 2.45) is 0 Å². The minimum atomic E-state index is 0.802. The van der Waals surface area contributed by atoms with Crippen LogP contribution in [0.15, 0.2) is 51.4 Å². The molecule has 0 heterocycles. The molecule has 0 saturated carbocycles. The Balaban J connectivity index is 2.12. The molecule has 0 spiro atoms. The summed E-state index contributed by atoms with van der Waals surface area (Å²) in [6.07, 6.45) is 0. The van der Waals surface area contributed by atoms with Crippen LogP contribution in [0.4, 0.5) is 11.4 Å². The molecule has 0 bridgehead atoms. The van der Waals surface area contributed by atoms with Crippen molar-refractivity contribution in [2.45, 2.75) is 6.54 Å². The fourth-order valence-corrected chi connectivity index (χ4v) is 2.53. The normalized spacial score (nSPS) is 10.3. The summed E-state index contributed by atoms with van der Waals surface area (Å²) in [5.41, 5.74) is 3.58. The van der Waals surface area contributed by atoms with Crippen molar-refractivity contribution in [1.82, 2.24) is 0 Å². The number of nitrogens with one attached hydrogen (secondary N) is 1. The number of rotatable bonds is 4. The Morgan fingerprint density at radius 1 is 1.00 bits per heavy atom. The zero-order chi connectivity index (χ0) is 13.8. The van der Waals surface area contributed by atoms with E-state index in [2.05, 4.69) is 92.6 Å². The third kappa shape index (κ3) is 3.74. The summed E-state index contributed by atoms with van der Waals surface area (Å²) in [5, 5.41) is 3.48. The maximum absolute atomic E-state index is 3.53. The molecule has 0 saturated heterocycles. The van der Waals surface area contributed by atoms with Crippen molar-refractivity contribution in [2.75, 3.05) is 24.3 Å². The lowest BCUT2D eigenvalue weighted by Crippen LogP contribution is -2.12. The summed E-state index contributed by atoms with van der Waals surface area (Å²) < 4.78 is 2.15. The van der Waals surface area contributed by atoms with Crippen LogP contribution in [0.25, 0.3) is 0 Å². The number of hydrogen-bond donors (Lipinski definition) is 1. The molecule has 2 aromatic rings. The van der Waals surface area contributed by atoms with Gasteiger partial charge in [0.2, 0.25) is 0 Å². The molecule has 1 N–H and O–H groups in total. The van der Waals surface area contributed by atoms with Crippen LogP contribution in [-0.2, 0) is 6.54 Å². The largest absolute Gasteiger partial charge is 0.379 e. The van der Waals surface area contributed by atoms with Crippen molar-refractivity contribution in [3.05, 3.63) is 57.0 Å². The topological polar surface area (TPSA) is 15.3 Å². The SMILES string of the molecule is CN(C)c1ccccc1NCc1ccc(Br)c(Br)c1. The highest BCUT2D eigenvalue weighted by molar-refractivity contribution is 9.13. The van der Waals surface area contributed by atoms with Gasteiger partial charge in [-0.3, -0.25) is 0 Å². The number of para-hydroxylation sites is 2. The van der Waals surface area contributed by atoms with Crippen molar-refractivity contribution >= 4 is 43.2 Å². The molecule has 4 heteroatoms. The maximum Gasteiger partial charge on any atom is 0.0596 e. The van der Waals surface area contributed by atoms with Crippen LogP contribution in [0, 0.1) is 0 Å². The zero-order valence-corrected chi connectivity index (χ0v) is 14.1. The number of benzene rings is 2. The second kappa shape index (κ2) is 6.44. The maximum atomic E-state index is 3.53. The third-order valence-corrected chi connectivity index (χ3v) is 4.73. The quantitative estimate of drug-likeness (QED) is 0.808. The Morgan fingerprint density at radius 3 is 2.42 bits per heavy atom. The fourth-order valence-electron chi connectivity index (χ4n) is 1.86. The zero-order valence-electron chi connectivity index (χ0n) is 11.0. The van der Waals surface area contributed by atoms with Crippen LogP contribution in [0.2, 0.25) is 0 Å². The Bertz CT molecular complexity index is 568. The first kappa shape index (κ1) is 14.4. The van der Waals surface area contributed by atoms with E-state index in [0.717, 1.165) is 21.2 Å². The van der Waals surface area contributed by atoms with E-state index in [9.17, 15) is 0 Å². The minimum Gasteiger partial charge on any atom is -0.379 e. The van der Waals surface area contributed by atoms with E-state index < -0.39 is 0 Å². The van der Waals surface area contributed by atoms with Crippen molar-refractivity contribution in [3.8, 4) is 0 Å². The lowest BCUT2D eigenvalue weighted by molar-refractivity contribution is 1.10. The second-order valence-corrected chi connectivity index (χ2v) is 6.22. The highest BCUT2D eigenvalue weighted by Gasteiger charge is 2.04. The summed E-state index contributed by atoms with van der Waals surface area (Å²) in [5.74, 6) is 0. The Labute approximate surface area is 131 Å². The van der Waals surface area contributed by atoms with Crippen molar-refractivity contribution < 1.29 is 0 Å². The molecule has 0 unspecified atom stereocenters. The van der Waals surface area contributed by atoms with E-state index in [4.69, 9.17) is 0 Å². The Kier molecular flexibility index (Phi) is 4.88. The summed E-state index contributed by atoms with van der Waals surface area (Å²) in [4.78, 5) is 2.11. The van der Waals surface area contributed by atoms with Crippen molar-refractivity contribution in [1.29, 1.82) is 0 Å². The molecule has 2 rings (SSSR count). The van der Waals surface area contributed by atoms with E-state index in [1.165, 1.54) is 11.3 Å².